The molecule has 1 aliphatic heterocycles. The van der Waals surface area contributed by atoms with Crippen molar-refractivity contribution in [1.29, 1.82) is 0 Å². The summed E-state index contributed by atoms with van der Waals surface area (Å²) in [6.45, 7) is 1.03. The van der Waals surface area contributed by atoms with Gasteiger partial charge in [0.1, 0.15) is 0 Å². The molecule has 3 nitrogen and oxygen atoms in total. The molecule has 0 saturated carbocycles. The van der Waals surface area contributed by atoms with Gasteiger partial charge in [0.15, 0.2) is 0 Å². The highest BCUT2D eigenvalue weighted by Crippen LogP contribution is 2.24. The van der Waals surface area contributed by atoms with Crippen LogP contribution in [0.3, 0.4) is 0 Å². The lowest BCUT2D eigenvalue weighted by molar-refractivity contribution is 0.190. The first-order chi connectivity index (χ1) is 9.75. The third-order valence-corrected chi connectivity index (χ3v) is 3.56. The van der Waals surface area contributed by atoms with E-state index in [2.05, 4.69) is 34.2 Å². The average Bonchev–Trinajstić information content (AvgIpc) is 2.47. The Hall–Kier alpha value is -2.13. The van der Waals surface area contributed by atoms with Gasteiger partial charge in [-0.1, -0.05) is 48.5 Å². The van der Waals surface area contributed by atoms with E-state index in [4.69, 9.17) is 0 Å². The van der Waals surface area contributed by atoms with Crippen LogP contribution in [-0.2, 0) is 0 Å². The predicted octanol–water partition coefficient (Wildman–Crippen LogP) is 2.33. The smallest absolute Gasteiger partial charge is 0.0909 e. The van der Waals surface area contributed by atoms with Crippen LogP contribution >= 0.6 is 0 Å². The number of aliphatic hydroxyl groups excluding tert-OH is 1. The molecular formula is C17H18N2O. The topological polar surface area (TPSA) is 35.8 Å². The lowest BCUT2D eigenvalue weighted by Gasteiger charge is -2.27. The van der Waals surface area contributed by atoms with Gasteiger partial charge in [0, 0.05) is 30.4 Å². The Labute approximate surface area is 119 Å². The maximum absolute atomic E-state index is 10.0. The van der Waals surface area contributed by atoms with Crippen molar-refractivity contribution in [2.75, 3.05) is 25.0 Å². The van der Waals surface area contributed by atoms with E-state index in [9.17, 15) is 5.11 Å². The van der Waals surface area contributed by atoms with Gasteiger partial charge < -0.3 is 10.0 Å². The zero-order valence-electron chi connectivity index (χ0n) is 11.5. The van der Waals surface area contributed by atoms with Gasteiger partial charge in [0.25, 0.3) is 0 Å². The highest BCUT2D eigenvalue weighted by atomic mass is 16.3. The van der Waals surface area contributed by atoms with Crippen LogP contribution in [-0.4, -0.2) is 37.1 Å². The van der Waals surface area contributed by atoms with Crippen LogP contribution in [0.25, 0.3) is 0 Å². The summed E-state index contributed by atoms with van der Waals surface area (Å²) in [5, 5.41) is 10.0. The lowest BCUT2D eigenvalue weighted by atomic mass is 9.99. The van der Waals surface area contributed by atoms with Crippen molar-refractivity contribution < 1.29 is 5.11 Å². The van der Waals surface area contributed by atoms with E-state index in [1.165, 1.54) is 0 Å². The summed E-state index contributed by atoms with van der Waals surface area (Å²) in [5.74, 6) is 0. The first kappa shape index (κ1) is 12.9. The van der Waals surface area contributed by atoms with Gasteiger partial charge in [-0.25, -0.2) is 0 Å². The fraction of sp³-hybridized carbons (Fsp3) is 0.235. The number of fused-ring (bicyclic) bond motifs is 1. The predicted molar refractivity (Wildman–Crippen MR) is 82.7 cm³/mol. The highest BCUT2D eigenvalue weighted by Gasteiger charge is 2.19. The van der Waals surface area contributed by atoms with Crippen molar-refractivity contribution in [3.05, 3.63) is 65.7 Å². The van der Waals surface area contributed by atoms with Crippen LogP contribution in [0.1, 0.15) is 11.1 Å². The first-order valence-corrected chi connectivity index (χ1v) is 6.84. The van der Waals surface area contributed by atoms with Gasteiger partial charge in [-0.2, -0.15) is 0 Å². The molecule has 0 aliphatic carbocycles. The molecule has 1 heterocycles. The molecule has 1 aliphatic rings. The number of likely N-dealkylation sites (N-methyl/N-ethyl adjacent to an activating group) is 1. The molecular weight excluding hydrogens is 248 g/mol. The van der Waals surface area contributed by atoms with Crippen molar-refractivity contribution in [2.45, 2.75) is 6.10 Å². The van der Waals surface area contributed by atoms with E-state index in [-0.39, 0.29) is 0 Å². The van der Waals surface area contributed by atoms with Gasteiger partial charge in [0.2, 0.25) is 0 Å². The van der Waals surface area contributed by atoms with E-state index >= 15 is 0 Å². The van der Waals surface area contributed by atoms with Crippen LogP contribution < -0.4 is 4.90 Å². The monoisotopic (exact) mass is 266 g/mol. The number of β-amino-alcohol motifs (C(OH)–C–C–N with tert-alkyl or cyclic N) is 1. The minimum absolute atomic E-state index is 0.433. The van der Waals surface area contributed by atoms with E-state index in [1.807, 2.05) is 37.4 Å². The summed E-state index contributed by atoms with van der Waals surface area (Å²) in [6.07, 6.45) is -0.438. The summed E-state index contributed by atoms with van der Waals surface area (Å²) in [5.41, 5.74) is 4.26. The fourth-order valence-electron chi connectivity index (χ4n) is 2.60. The summed E-state index contributed by atoms with van der Waals surface area (Å²) < 4.78 is 0. The summed E-state index contributed by atoms with van der Waals surface area (Å²) in [6, 6.07) is 18.4. The minimum atomic E-state index is -0.438. The molecule has 2 aromatic carbocycles. The van der Waals surface area contributed by atoms with Crippen molar-refractivity contribution in [2.24, 2.45) is 4.99 Å². The molecule has 1 atom stereocenters. The second-order valence-corrected chi connectivity index (χ2v) is 5.11. The van der Waals surface area contributed by atoms with Gasteiger partial charge in [0.05, 0.1) is 18.4 Å². The molecule has 1 unspecified atom stereocenters. The Kier molecular flexibility index (Phi) is 3.52. The highest BCUT2D eigenvalue weighted by molar-refractivity contribution is 6.16. The maximum Gasteiger partial charge on any atom is 0.0909 e. The molecule has 3 heteroatoms. The molecule has 0 radical (unpaired) electrons. The molecule has 1 N–H and O–H groups in total. The number of benzene rings is 2. The fourth-order valence-corrected chi connectivity index (χ4v) is 2.60. The zero-order chi connectivity index (χ0) is 13.9. The number of nitrogens with zero attached hydrogens (tertiary/aromatic N) is 2. The third kappa shape index (κ3) is 2.45. The Morgan fingerprint density at radius 3 is 2.55 bits per heavy atom. The molecule has 3 rings (SSSR count). The number of hydrogen-bond donors (Lipinski definition) is 1. The number of rotatable bonds is 1. The van der Waals surface area contributed by atoms with E-state index in [0.29, 0.717) is 13.1 Å². The number of hydrogen-bond acceptors (Lipinski definition) is 3. The molecule has 20 heavy (non-hydrogen) atoms. The lowest BCUT2D eigenvalue weighted by Crippen LogP contribution is -2.34. The van der Waals surface area contributed by atoms with Gasteiger partial charge in [-0.15, -0.1) is 0 Å². The average molecular weight is 266 g/mol. The maximum atomic E-state index is 10.0. The quantitative estimate of drug-likeness (QED) is 0.860. The number of aliphatic imine (C=N–C) groups is 1. The number of aliphatic hydroxyl groups is 1. The Morgan fingerprint density at radius 1 is 1.05 bits per heavy atom. The number of para-hydroxylation sites is 1. The van der Waals surface area contributed by atoms with Gasteiger partial charge in [-0.3, -0.25) is 4.99 Å². The first-order valence-electron chi connectivity index (χ1n) is 6.84. The van der Waals surface area contributed by atoms with Crippen LogP contribution in [0.5, 0.6) is 0 Å². The second-order valence-electron chi connectivity index (χ2n) is 5.11. The molecule has 0 spiro atoms. The number of anilines is 1. The van der Waals surface area contributed by atoms with Crippen molar-refractivity contribution in [1.82, 2.24) is 0 Å². The summed E-state index contributed by atoms with van der Waals surface area (Å²) >= 11 is 0. The Bertz CT molecular complexity index is 622. The Morgan fingerprint density at radius 2 is 1.75 bits per heavy atom. The SMILES string of the molecule is CN1CC(O)C/N=C(/c2ccccc2)c2ccccc21. The van der Waals surface area contributed by atoms with Gasteiger partial charge in [-0.05, 0) is 6.07 Å². The molecule has 0 fully saturated rings. The largest absolute Gasteiger partial charge is 0.389 e. The molecule has 2 aromatic rings. The van der Waals surface area contributed by atoms with Crippen molar-refractivity contribution >= 4 is 11.4 Å². The second kappa shape index (κ2) is 5.47. The third-order valence-electron chi connectivity index (χ3n) is 3.56. The van der Waals surface area contributed by atoms with E-state index in [0.717, 1.165) is 22.5 Å². The van der Waals surface area contributed by atoms with Crippen LogP contribution in [0.2, 0.25) is 0 Å². The molecule has 102 valence electrons. The molecule has 0 aromatic heterocycles. The van der Waals surface area contributed by atoms with Crippen molar-refractivity contribution in [3.8, 4) is 0 Å². The van der Waals surface area contributed by atoms with Crippen LogP contribution in [0.15, 0.2) is 59.6 Å². The zero-order valence-corrected chi connectivity index (χ0v) is 11.5. The summed E-state index contributed by atoms with van der Waals surface area (Å²) in [7, 11) is 2.01. The minimum Gasteiger partial charge on any atom is -0.389 e. The van der Waals surface area contributed by atoms with Crippen LogP contribution in [0.4, 0.5) is 5.69 Å². The van der Waals surface area contributed by atoms with Gasteiger partial charge >= 0.3 is 0 Å². The van der Waals surface area contributed by atoms with E-state index < -0.39 is 6.10 Å². The molecule has 0 saturated heterocycles. The molecule has 0 bridgehead atoms. The molecule has 0 amide bonds. The Balaban J connectivity index is 2.16. The summed E-state index contributed by atoms with van der Waals surface area (Å²) in [4.78, 5) is 6.75. The normalized spacial score (nSPS) is 21.4. The van der Waals surface area contributed by atoms with Crippen LogP contribution in [0, 0.1) is 0 Å². The van der Waals surface area contributed by atoms with E-state index in [1.54, 1.807) is 0 Å². The standard InChI is InChI=1S/C17H18N2O/c1-19-12-14(20)11-18-17(13-7-3-2-4-8-13)15-9-5-6-10-16(15)19/h2-10,14,20H,11-12H2,1H3/b18-17-. The van der Waals surface area contributed by atoms with Crippen molar-refractivity contribution in [3.63, 3.8) is 0 Å².